The largest absolute Gasteiger partial charge is 0.497 e. The number of hydrogen-bond donors (Lipinski definition) is 2. The van der Waals surface area contributed by atoms with Gasteiger partial charge >= 0.3 is 0 Å². The Labute approximate surface area is 107 Å². The molecule has 0 radical (unpaired) electrons. The fourth-order valence-corrected chi connectivity index (χ4v) is 2.99. The summed E-state index contributed by atoms with van der Waals surface area (Å²) in [6.07, 6.45) is 2.70. The number of methoxy groups -OCH3 is 1. The van der Waals surface area contributed by atoms with Crippen LogP contribution in [0.15, 0.2) is 12.1 Å². The molecule has 4 heteroatoms. The molecule has 1 amide bonds. The van der Waals surface area contributed by atoms with E-state index in [2.05, 4.69) is 17.6 Å². The van der Waals surface area contributed by atoms with Crippen LogP contribution in [0.5, 0.6) is 5.75 Å². The van der Waals surface area contributed by atoms with Gasteiger partial charge in [-0.05, 0) is 49.6 Å². The minimum atomic E-state index is -0.0593. The number of amides is 1. The first-order chi connectivity index (χ1) is 8.62. The summed E-state index contributed by atoms with van der Waals surface area (Å²) in [6.45, 7) is 3.22. The highest BCUT2D eigenvalue weighted by Crippen LogP contribution is 2.41. The van der Waals surface area contributed by atoms with Crippen molar-refractivity contribution < 1.29 is 9.53 Å². The second-order valence-electron chi connectivity index (χ2n) is 5.30. The van der Waals surface area contributed by atoms with Crippen molar-refractivity contribution in [3.8, 4) is 5.75 Å². The predicted octanol–water partition coefficient (Wildman–Crippen LogP) is 1.79. The number of hydrogen-bond acceptors (Lipinski definition) is 3. The molecule has 2 N–H and O–H groups in total. The molecule has 0 aromatic heterocycles. The Hall–Kier alpha value is -1.55. The average Bonchev–Trinajstić information content (AvgIpc) is 2.93. The highest BCUT2D eigenvalue weighted by Gasteiger charge is 2.35. The average molecular weight is 246 g/mol. The molecular weight excluding hydrogens is 228 g/mol. The first-order valence-electron chi connectivity index (χ1n) is 6.39. The van der Waals surface area contributed by atoms with E-state index in [4.69, 9.17) is 4.74 Å². The van der Waals surface area contributed by atoms with E-state index in [1.54, 1.807) is 7.11 Å². The minimum absolute atomic E-state index is 0.0593. The first-order valence-corrected chi connectivity index (χ1v) is 6.39. The van der Waals surface area contributed by atoms with Gasteiger partial charge in [0, 0.05) is 11.2 Å². The Kier molecular flexibility index (Phi) is 2.55. The van der Waals surface area contributed by atoms with E-state index in [1.807, 2.05) is 12.1 Å². The molecule has 1 unspecified atom stereocenters. The van der Waals surface area contributed by atoms with Gasteiger partial charge in [-0.2, -0.15) is 0 Å². The number of carbonyl (C=O) groups excluding carboxylic acids is 1. The molecule has 1 aromatic rings. The van der Waals surface area contributed by atoms with Gasteiger partial charge in [0.2, 0.25) is 5.91 Å². The third-order valence-electron chi connectivity index (χ3n) is 4.01. The van der Waals surface area contributed by atoms with E-state index in [1.165, 1.54) is 0 Å². The lowest BCUT2D eigenvalue weighted by atomic mass is 9.87. The summed E-state index contributed by atoms with van der Waals surface area (Å²) in [5.74, 6) is 0.899. The van der Waals surface area contributed by atoms with Crippen molar-refractivity contribution in [3.63, 3.8) is 0 Å². The summed E-state index contributed by atoms with van der Waals surface area (Å²) in [6, 6.07) is 4.00. The van der Waals surface area contributed by atoms with Crippen molar-refractivity contribution in [2.75, 3.05) is 19.0 Å². The molecule has 0 aliphatic carbocycles. The van der Waals surface area contributed by atoms with Gasteiger partial charge in [0.15, 0.2) is 0 Å². The number of benzene rings is 1. The Morgan fingerprint density at radius 3 is 2.89 bits per heavy atom. The van der Waals surface area contributed by atoms with Crippen LogP contribution < -0.4 is 15.4 Å². The molecule has 18 heavy (non-hydrogen) atoms. The molecule has 96 valence electrons. The van der Waals surface area contributed by atoms with Gasteiger partial charge in [-0.1, -0.05) is 0 Å². The molecule has 1 aromatic carbocycles. The molecule has 0 spiro atoms. The number of anilines is 1. The second-order valence-corrected chi connectivity index (χ2v) is 5.30. The van der Waals surface area contributed by atoms with Crippen molar-refractivity contribution in [3.05, 3.63) is 23.3 Å². The number of nitrogens with one attached hydrogen (secondary N) is 2. The van der Waals surface area contributed by atoms with Gasteiger partial charge in [-0.3, -0.25) is 4.79 Å². The van der Waals surface area contributed by atoms with Crippen molar-refractivity contribution in [1.82, 2.24) is 5.32 Å². The van der Waals surface area contributed by atoms with Gasteiger partial charge in [0.05, 0.1) is 13.5 Å². The summed E-state index contributed by atoms with van der Waals surface area (Å²) >= 11 is 0. The van der Waals surface area contributed by atoms with Crippen molar-refractivity contribution in [1.29, 1.82) is 0 Å². The summed E-state index contributed by atoms with van der Waals surface area (Å²) < 4.78 is 5.35. The van der Waals surface area contributed by atoms with Crippen LogP contribution in [-0.4, -0.2) is 19.6 Å². The Morgan fingerprint density at radius 2 is 2.22 bits per heavy atom. The van der Waals surface area contributed by atoms with E-state index in [-0.39, 0.29) is 11.4 Å². The summed E-state index contributed by atoms with van der Waals surface area (Å²) in [7, 11) is 1.67. The van der Waals surface area contributed by atoms with Crippen LogP contribution in [0.3, 0.4) is 0 Å². The van der Waals surface area contributed by atoms with Crippen molar-refractivity contribution in [2.45, 2.75) is 31.7 Å². The molecule has 2 aliphatic rings. The van der Waals surface area contributed by atoms with Crippen molar-refractivity contribution in [2.24, 2.45) is 0 Å². The van der Waals surface area contributed by atoms with Crippen LogP contribution in [0.25, 0.3) is 0 Å². The number of rotatable bonds is 2. The Balaban J connectivity index is 2.13. The standard InChI is InChI=1S/C14H18N2O2/c1-14(4-3-5-15-14)11-8-10(18-2)6-9-7-12(17)16-13(9)11/h6,8,15H,3-5,7H2,1-2H3,(H,16,17). The van der Waals surface area contributed by atoms with Crippen LogP contribution in [0, 0.1) is 0 Å². The summed E-state index contributed by atoms with van der Waals surface area (Å²) in [5, 5.41) is 6.52. The van der Waals surface area contributed by atoms with E-state index < -0.39 is 0 Å². The maximum absolute atomic E-state index is 11.6. The van der Waals surface area contributed by atoms with E-state index >= 15 is 0 Å². The molecule has 2 heterocycles. The highest BCUT2D eigenvalue weighted by molar-refractivity contribution is 6.00. The number of ether oxygens (including phenoxy) is 1. The lowest BCUT2D eigenvalue weighted by Gasteiger charge is -2.28. The van der Waals surface area contributed by atoms with Crippen LogP contribution in [0.1, 0.15) is 30.9 Å². The zero-order chi connectivity index (χ0) is 12.8. The second kappa shape index (κ2) is 3.99. The lowest BCUT2D eigenvalue weighted by molar-refractivity contribution is -0.115. The topological polar surface area (TPSA) is 50.4 Å². The highest BCUT2D eigenvalue weighted by atomic mass is 16.5. The number of fused-ring (bicyclic) bond motifs is 1. The fraction of sp³-hybridized carbons (Fsp3) is 0.500. The minimum Gasteiger partial charge on any atom is -0.497 e. The molecule has 2 aliphatic heterocycles. The van der Waals surface area contributed by atoms with Gasteiger partial charge in [-0.15, -0.1) is 0 Å². The van der Waals surface area contributed by atoms with Crippen LogP contribution in [0.4, 0.5) is 5.69 Å². The Bertz CT molecular complexity index is 505. The van der Waals surface area contributed by atoms with Crippen molar-refractivity contribution >= 4 is 11.6 Å². The quantitative estimate of drug-likeness (QED) is 0.836. The summed E-state index contributed by atoms with van der Waals surface area (Å²) in [5.41, 5.74) is 3.12. The molecule has 4 nitrogen and oxygen atoms in total. The lowest BCUT2D eigenvalue weighted by Crippen LogP contribution is -2.34. The van der Waals surface area contributed by atoms with Gasteiger partial charge < -0.3 is 15.4 Å². The van der Waals surface area contributed by atoms with Gasteiger partial charge in [0.25, 0.3) is 0 Å². The monoisotopic (exact) mass is 246 g/mol. The molecule has 0 saturated carbocycles. The van der Waals surface area contributed by atoms with Crippen LogP contribution >= 0.6 is 0 Å². The first kappa shape index (κ1) is 11.5. The smallest absolute Gasteiger partial charge is 0.228 e. The van der Waals surface area contributed by atoms with E-state index in [0.717, 1.165) is 42.0 Å². The SMILES string of the molecule is COc1cc2c(c(C3(C)CCCN3)c1)NC(=O)C2. The maximum atomic E-state index is 11.6. The zero-order valence-corrected chi connectivity index (χ0v) is 10.8. The maximum Gasteiger partial charge on any atom is 0.228 e. The van der Waals surface area contributed by atoms with Crippen LogP contribution in [0.2, 0.25) is 0 Å². The third kappa shape index (κ3) is 1.68. The molecule has 1 atom stereocenters. The summed E-state index contributed by atoms with van der Waals surface area (Å²) in [4.78, 5) is 11.6. The predicted molar refractivity (Wildman–Crippen MR) is 69.9 cm³/mol. The molecule has 0 bridgehead atoms. The van der Waals surface area contributed by atoms with Gasteiger partial charge in [-0.25, -0.2) is 0 Å². The third-order valence-corrected chi connectivity index (χ3v) is 4.01. The van der Waals surface area contributed by atoms with Gasteiger partial charge in [0.1, 0.15) is 5.75 Å². The van der Waals surface area contributed by atoms with E-state index in [0.29, 0.717) is 6.42 Å². The van der Waals surface area contributed by atoms with E-state index in [9.17, 15) is 4.79 Å². The normalized spacial score (nSPS) is 26.0. The molecule has 3 rings (SSSR count). The molecule has 1 fully saturated rings. The zero-order valence-electron chi connectivity index (χ0n) is 10.8. The Morgan fingerprint density at radius 1 is 1.39 bits per heavy atom. The van der Waals surface area contributed by atoms with Crippen LogP contribution in [-0.2, 0) is 16.8 Å². The fourth-order valence-electron chi connectivity index (χ4n) is 2.99. The molecular formula is C14H18N2O2. The number of carbonyl (C=O) groups is 1. The molecule has 1 saturated heterocycles.